The number of hydrogen-bond acceptors (Lipinski definition) is 7. The molecule has 0 radical (unpaired) electrons. The predicted molar refractivity (Wildman–Crippen MR) is 74.4 cm³/mol. The Balaban J connectivity index is 2.00. The van der Waals surface area contributed by atoms with E-state index in [0.717, 1.165) is 0 Å². The SMILES string of the molecule is CSc1ncnc(NCC(=O)N2CCOCC2)c1C#N. The Labute approximate surface area is 121 Å². The van der Waals surface area contributed by atoms with Gasteiger partial charge in [0.05, 0.1) is 19.8 Å². The molecule has 1 aliphatic heterocycles. The lowest BCUT2D eigenvalue weighted by atomic mass is 10.3. The minimum atomic E-state index is -0.0264. The quantitative estimate of drug-likeness (QED) is 0.632. The van der Waals surface area contributed by atoms with Gasteiger partial charge in [-0.05, 0) is 6.26 Å². The summed E-state index contributed by atoms with van der Waals surface area (Å²) < 4.78 is 5.20. The largest absolute Gasteiger partial charge is 0.378 e. The van der Waals surface area contributed by atoms with Gasteiger partial charge in [-0.15, -0.1) is 11.8 Å². The van der Waals surface area contributed by atoms with E-state index in [1.165, 1.54) is 18.1 Å². The van der Waals surface area contributed by atoms with Gasteiger partial charge in [0.25, 0.3) is 0 Å². The summed E-state index contributed by atoms with van der Waals surface area (Å²) in [4.78, 5) is 21.8. The molecule has 8 heteroatoms. The second kappa shape index (κ2) is 7.07. The number of nitriles is 1. The van der Waals surface area contributed by atoms with E-state index >= 15 is 0 Å². The van der Waals surface area contributed by atoms with Crippen LogP contribution in [0.1, 0.15) is 5.56 Å². The molecule has 1 saturated heterocycles. The summed E-state index contributed by atoms with van der Waals surface area (Å²) in [6.45, 7) is 2.45. The smallest absolute Gasteiger partial charge is 0.242 e. The van der Waals surface area contributed by atoms with Gasteiger partial charge in [0, 0.05) is 13.1 Å². The number of rotatable bonds is 4. The molecule has 0 unspecified atom stereocenters. The van der Waals surface area contributed by atoms with Crippen LogP contribution in [0.15, 0.2) is 11.4 Å². The van der Waals surface area contributed by atoms with E-state index in [1.807, 2.05) is 6.26 Å². The van der Waals surface area contributed by atoms with Crippen LogP contribution in [0, 0.1) is 11.3 Å². The molecule has 0 aliphatic carbocycles. The molecule has 0 bridgehead atoms. The molecule has 2 heterocycles. The lowest BCUT2D eigenvalue weighted by molar-refractivity contribution is -0.133. The molecule has 1 aromatic rings. The maximum absolute atomic E-state index is 12.0. The first-order valence-electron chi connectivity index (χ1n) is 6.14. The van der Waals surface area contributed by atoms with Crippen LogP contribution in [-0.2, 0) is 9.53 Å². The lowest BCUT2D eigenvalue weighted by Gasteiger charge is -2.27. The number of amides is 1. The summed E-state index contributed by atoms with van der Waals surface area (Å²) in [6, 6.07) is 2.07. The normalized spacial score (nSPS) is 14.7. The number of anilines is 1. The second-order valence-electron chi connectivity index (χ2n) is 4.07. The number of hydrogen-bond donors (Lipinski definition) is 1. The van der Waals surface area contributed by atoms with Crippen LogP contribution in [0.25, 0.3) is 0 Å². The Morgan fingerprint density at radius 2 is 2.30 bits per heavy atom. The Morgan fingerprint density at radius 1 is 1.55 bits per heavy atom. The summed E-state index contributed by atoms with van der Waals surface area (Å²) in [6.07, 6.45) is 3.22. The van der Waals surface area contributed by atoms with Crippen LogP contribution in [0.5, 0.6) is 0 Å². The zero-order valence-electron chi connectivity index (χ0n) is 11.1. The fourth-order valence-electron chi connectivity index (χ4n) is 1.84. The van der Waals surface area contributed by atoms with E-state index in [1.54, 1.807) is 4.90 Å². The number of thioether (sulfide) groups is 1. The van der Waals surface area contributed by atoms with Gasteiger partial charge in [0.1, 0.15) is 28.8 Å². The second-order valence-corrected chi connectivity index (χ2v) is 4.86. The third-order valence-corrected chi connectivity index (χ3v) is 3.58. The lowest BCUT2D eigenvalue weighted by Crippen LogP contribution is -2.43. The van der Waals surface area contributed by atoms with Crippen LogP contribution >= 0.6 is 11.8 Å². The summed E-state index contributed by atoms with van der Waals surface area (Å²) >= 11 is 1.37. The molecule has 1 fully saturated rings. The average Bonchev–Trinajstić information content (AvgIpc) is 2.52. The van der Waals surface area contributed by atoms with Gasteiger partial charge in [0.2, 0.25) is 5.91 Å². The van der Waals surface area contributed by atoms with Crippen molar-refractivity contribution in [3.8, 4) is 6.07 Å². The molecule has 1 N–H and O–H groups in total. The molecule has 2 rings (SSSR count). The van der Waals surface area contributed by atoms with Crippen molar-refractivity contribution in [1.82, 2.24) is 14.9 Å². The number of ether oxygens (including phenoxy) is 1. The Bertz CT molecular complexity index is 525. The molecular weight excluding hydrogens is 278 g/mol. The molecule has 1 aromatic heterocycles. The van der Waals surface area contributed by atoms with Gasteiger partial charge in [-0.25, -0.2) is 9.97 Å². The van der Waals surface area contributed by atoms with Crippen LogP contribution in [0.4, 0.5) is 5.82 Å². The Hall–Kier alpha value is -1.85. The van der Waals surface area contributed by atoms with E-state index < -0.39 is 0 Å². The molecule has 0 aromatic carbocycles. The zero-order valence-corrected chi connectivity index (χ0v) is 11.9. The minimum absolute atomic E-state index is 0.0264. The average molecular weight is 293 g/mol. The number of morpholine rings is 1. The van der Waals surface area contributed by atoms with E-state index in [2.05, 4.69) is 21.4 Å². The highest BCUT2D eigenvalue weighted by Crippen LogP contribution is 2.21. The Kier molecular flexibility index (Phi) is 5.15. The monoisotopic (exact) mass is 293 g/mol. The van der Waals surface area contributed by atoms with Crippen molar-refractivity contribution in [1.29, 1.82) is 5.26 Å². The molecule has 1 aliphatic rings. The number of carbonyl (C=O) groups is 1. The van der Waals surface area contributed by atoms with Crippen molar-refractivity contribution in [2.75, 3.05) is 44.4 Å². The van der Waals surface area contributed by atoms with Gasteiger partial charge in [-0.1, -0.05) is 0 Å². The summed E-state index contributed by atoms with van der Waals surface area (Å²) in [7, 11) is 0. The summed E-state index contributed by atoms with van der Waals surface area (Å²) in [5.41, 5.74) is 0.370. The topological polar surface area (TPSA) is 91.1 Å². The predicted octanol–water partition coefficient (Wildman–Crippen LogP) is 0.341. The molecule has 0 spiro atoms. The van der Waals surface area contributed by atoms with Crippen molar-refractivity contribution in [2.24, 2.45) is 0 Å². The summed E-state index contributed by atoms with van der Waals surface area (Å²) in [5.74, 6) is 0.370. The first kappa shape index (κ1) is 14.6. The van der Waals surface area contributed by atoms with Crippen molar-refractivity contribution in [3.63, 3.8) is 0 Å². The van der Waals surface area contributed by atoms with E-state index in [0.29, 0.717) is 42.7 Å². The highest BCUT2D eigenvalue weighted by atomic mass is 32.2. The van der Waals surface area contributed by atoms with E-state index in [-0.39, 0.29) is 12.5 Å². The fraction of sp³-hybridized carbons (Fsp3) is 0.500. The van der Waals surface area contributed by atoms with Gasteiger partial charge >= 0.3 is 0 Å². The highest BCUT2D eigenvalue weighted by molar-refractivity contribution is 7.98. The van der Waals surface area contributed by atoms with E-state index in [4.69, 9.17) is 10.00 Å². The van der Waals surface area contributed by atoms with Crippen LogP contribution in [0.2, 0.25) is 0 Å². The molecule has 106 valence electrons. The number of nitrogens with one attached hydrogen (secondary N) is 1. The number of aromatic nitrogens is 2. The van der Waals surface area contributed by atoms with Crippen molar-refractivity contribution >= 4 is 23.5 Å². The van der Waals surface area contributed by atoms with Crippen LogP contribution < -0.4 is 5.32 Å². The van der Waals surface area contributed by atoms with Gasteiger partial charge in [-0.2, -0.15) is 5.26 Å². The molecule has 0 atom stereocenters. The molecule has 7 nitrogen and oxygen atoms in total. The summed E-state index contributed by atoms with van der Waals surface area (Å²) in [5, 5.41) is 12.7. The first-order valence-corrected chi connectivity index (χ1v) is 7.37. The Morgan fingerprint density at radius 3 is 2.95 bits per heavy atom. The van der Waals surface area contributed by atoms with Gasteiger partial charge < -0.3 is 15.0 Å². The van der Waals surface area contributed by atoms with E-state index in [9.17, 15) is 4.79 Å². The molecule has 0 saturated carbocycles. The van der Waals surface area contributed by atoms with Gasteiger partial charge in [-0.3, -0.25) is 4.79 Å². The van der Waals surface area contributed by atoms with Crippen LogP contribution in [0.3, 0.4) is 0 Å². The molecular formula is C12H15N5O2S. The third-order valence-electron chi connectivity index (χ3n) is 2.89. The fourth-order valence-corrected chi connectivity index (χ4v) is 2.34. The maximum atomic E-state index is 12.0. The maximum Gasteiger partial charge on any atom is 0.242 e. The first-order chi connectivity index (χ1) is 9.76. The standard InChI is InChI=1S/C12H15N5O2S/c1-20-12-9(6-13)11(15-8-16-12)14-7-10(18)17-2-4-19-5-3-17/h8H,2-5,7H2,1H3,(H,14,15,16). The van der Waals surface area contributed by atoms with Crippen LogP contribution in [-0.4, -0.2) is 59.9 Å². The molecule has 20 heavy (non-hydrogen) atoms. The van der Waals surface area contributed by atoms with Crippen molar-refractivity contribution in [3.05, 3.63) is 11.9 Å². The molecule has 1 amide bonds. The minimum Gasteiger partial charge on any atom is -0.378 e. The highest BCUT2D eigenvalue weighted by Gasteiger charge is 2.17. The van der Waals surface area contributed by atoms with Crippen molar-refractivity contribution in [2.45, 2.75) is 5.03 Å². The number of carbonyl (C=O) groups excluding carboxylic acids is 1. The van der Waals surface area contributed by atoms with Crippen molar-refractivity contribution < 1.29 is 9.53 Å². The zero-order chi connectivity index (χ0) is 14.4. The third kappa shape index (κ3) is 3.37. The van der Waals surface area contributed by atoms with Gasteiger partial charge in [0.15, 0.2) is 0 Å². The number of nitrogens with zero attached hydrogens (tertiary/aromatic N) is 4.